The summed E-state index contributed by atoms with van der Waals surface area (Å²) in [7, 11) is 0. The molecule has 1 heterocycles. The van der Waals surface area contributed by atoms with Gasteiger partial charge in [-0.25, -0.2) is 8.78 Å². The van der Waals surface area contributed by atoms with Crippen molar-refractivity contribution in [2.75, 3.05) is 6.79 Å². The summed E-state index contributed by atoms with van der Waals surface area (Å²) in [6, 6.07) is 10.5. The number of rotatable bonds is 5. The predicted octanol–water partition coefficient (Wildman–Crippen LogP) is 4.14. The number of carbonyl (C=O) groups excluding carboxylic acids is 2. The molecular weight excluding hydrogens is 430 g/mol. The minimum absolute atomic E-state index is 0.0872. The fourth-order valence-corrected chi connectivity index (χ4v) is 3.69. The van der Waals surface area contributed by atoms with E-state index in [2.05, 4.69) is 6.58 Å². The van der Waals surface area contributed by atoms with E-state index in [-0.39, 0.29) is 22.5 Å². The van der Waals surface area contributed by atoms with Gasteiger partial charge in [0.2, 0.25) is 6.79 Å². The Morgan fingerprint density at radius 1 is 0.970 bits per heavy atom. The van der Waals surface area contributed by atoms with Crippen LogP contribution in [0.15, 0.2) is 42.5 Å². The van der Waals surface area contributed by atoms with E-state index in [9.17, 15) is 18.4 Å². The lowest BCUT2D eigenvalue weighted by Crippen LogP contribution is -2.22. The van der Waals surface area contributed by atoms with Gasteiger partial charge in [-0.05, 0) is 49.2 Å². The van der Waals surface area contributed by atoms with E-state index in [1.165, 1.54) is 38.1 Å². The summed E-state index contributed by atoms with van der Waals surface area (Å²) in [6.07, 6.45) is 0. The first-order chi connectivity index (χ1) is 15.7. The maximum atomic E-state index is 14.9. The van der Waals surface area contributed by atoms with Gasteiger partial charge in [0.15, 0.2) is 17.3 Å². The van der Waals surface area contributed by atoms with Crippen LogP contribution in [0, 0.1) is 18.6 Å². The zero-order chi connectivity index (χ0) is 23.9. The molecule has 7 heteroatoms. The monoisotopic (exact) mass is 450 g/mol. The second-order valence-corrected chi connectivity index (χ2v) is 7.68. The molecule has 3 aromatic rings. The average Bonchev–Trinajstić information content (AvgIpc) is 2.74. The number of ether oxygens (including phenoxy) is 3. The van der Waals surface area contributed by atoms with Crippen LogP contribution >= 0.6 is 0 Å². The number of hydrogen-bond donors (Lipinski definition) is 0. The molecule has 0 aromatic heterocycles. The van der Waals surface area contributed by atoms with Crippen LogP contribution in [-0.2, 0) is 9.53 Å². The predicted molar refractivity (Wildman–Crippen MR) is 118 cm³/mol. The molecule has 0 N–H and O–H groups in total. The second-order valence-electron chi connectivity index (χ2n) is 7.68. The van der Waals surface area contributed by atoms with Crippen LogP contribution in [0.25, 0.3) is 12.2 Å². The van der Waals surface area contributed by atoms with E-state index < -0.39 is 24.4 Å². The Labute approximate surface area is 188 Å². The molecule has 3 aromatic carbocycles. The van der Waals surface area contributed by atoms with Gasteiger partial charge in [0.25, 0.3) is 0 Å². The van der Waals surface area contributed by atoms with Gasteiger partial charge in [0.1, 0.15) is 17.3 Å². The van der Waals surface area contributed by atoms with Crippen LogP contribution in [0.2, 0.25) is 0 Å². The summed E-state index contributed by atoms with van der Waals surface area (Å²) in [4.78, 5) is 22.8. The Hall–Kier alpha value is -4.00. The molecule has 0 aliphatic carbocycles. The molecule has 1 aliphatic rings. The van der Waals surface area contributed by atoms with E-state index >= 15 is 0 Å². The molecule has 4 rings (SSSR count). The third-order valence-corrected chi connectivity index (χ3v) is 5.32. The standard InChI is InChI=1S/C26H20F2O5/c1-13-7-17(15(3)29)5-6-18(13)26-19-9-21(27)14(2)8-23(19)33-24-11-25(22(28)10-20(24)26)32-12-31-16(4)30/h5-11H,2,12H2,1,3-4H3. The molecule has 0 saturated heterocycles. The Morgan fingerprint density at radius 2 is 1.73 bits per heavy atom. The number of carbonyl (C=O) groups is 2. The topological polar surface area (TPSA) is 61.8 Å². The second kappa shape index (κ2) is 8.50. The molecular formula is C26H20F2O5. The van der Waals surface area contributed by atoms with E-state index in [0.29, 0.717) is 33.2 Å². The molecule has 0 bridgehead atoms. The first kappa shape index (κ1) is 22.2. The van der Waals surface area contributed by atoms with Crippen LogP contribution in [0.4, 0.5) is 8.78 Å². The summed E-state index contributed by atoms with van der Waals surface area (Å²) < 4.78 is 45.3. The van der Waals surface area contributed by atoms with Crippen molar-refractivity contribution < 1.29 is 32.6 Å². The van der Waals surface area contributed by atoms with Gasteiger partial charge < -0.3 is 14.2 Å². The van der Waals surface area contributed by atoms with Crippen molar-refractivity contribution in [3.05, 3.63) is 86.8 Å². The van der Waals surface area contributed by atoms with E-state index in [1.54, 1.807) is 18.2 Å². The quantitative estimate of drug-likeness (QED) is 0.260. The third kappa shape index (κ3) is 4.22. The van der Waals surface area contributed by atoms with Crippen molar-refractivity contribution >= 4 is 23.9 Å². The van der Waals surface area contributed by atoms with Crippen molar-refractivity contribution in [3.63, 3.8) is 0 Å². The van der Waals surface area contributed by atoms with Crippen molar-refractivity contribution in [3.8, 4) is 17.2 Å². The number of ketones is 1. The fourth-order valence-electron chi connectivity index (χ4n) is 3.69. The number of fused-ring (bicyclic) bond motifs is 2. The van der Waals surface area contributed by atoms with Gasteiger partial charge in [-0.15, -0.1) is 0 Å². The van der Waals surface area contributed by atoms with Crippen LogP contribution in [-0.4, -0.2) is 18.5 Å². The average molecular weight is 450 g/mol. The normalized spacial score (nSPS) is 11.8. The van der Waals surface area contributed by atoms with Crippen molar-refractivity contribution in [2.24, 2.45) is 0 Å². The van der Waals surface area contributed by atoms with Gasteiger partial charge in [-0.1, -0.05) is 18.7 Å². The van der Waals surface area contributed by atoms with Crippen molar-refractivity contribution in [2.45, 2.75) is 20.8 Å². The van der Waals surface area contributed by atoms with Gasteiger partial charge in [-0.3, -0.25) is 9.59 Å². The fraction of sp³-hybridized carbons (Fsp3) is 0.154. The van der Waals surface area contributed by atoms with Crippen molar-refractivity contribution in [1.82, 2.24) is 0 Å². The summed E-state index contributed by atoms with van der Waals surface area (Å²) in [5, 5.41) is 0.577. The summed E-state index contributed by atoms with van der Waals surface area (Å²) in [5.41, 5.74) is 2.91. The lowest BCUT2D eigenvalue weighted by atomic mass is 9.89. The van der Waals surface area contributed by atoms with E-state index in [4.69, 9.17) is 14.2 Å². The van der Waals surface area contributed by atoms with Gasteiger partial charge in [0, 0.05) is 40.1 Å². The highest BCUT2D eigenvalue weighted by molar-refractivity contribution is 5.95. The number of hydrogen-bond acceptors (Lipinski definition) is 5. The van der Waals surface area contributed by atoms with Crippen LogP contribution in [0.3, 0.4) is 0 Å². The lowest BCUT2D eigenvalue weighted by molar-refractivity contribution is -0.147. The zero-order valence-electron chi connectivity index (χ0n) is 18.3. The largest absolute Gasteiger partial charge is 0.456 e. The van der Waals surface area contributed by atoms with Gasteiger partial charge in [0.05, 0.1) is 0 Å². The summed E-state index contributed by atoms with van der Waals surface area (Å²) >= 11 is 0. The number of Topliss-reactive ketones (excluding diaryl/α,β-unsaturated/α-hetero) is 1. The Balaban J connectivity index is 1.95. The van der Waals surface area contributed by atoms with E-state index in [1.807, 2.05) is 6.92 Å². The molecule has 0 spiro atoms. The first-order valence-electron chi connectivity index (χ1n) is 10.1. The van der Waals surface area contributed by atoms with Gasteiger partial charge in [-0.2, -0.15) is 0 Å². The Kier molecular flexibility index (Phi) is 5.72. The molecule has 168 valence electrons. The molecule has 1 aliphatic heterocycles. The minimum atomic E-state index is -0.710. The SMILES string of the molecule is C=c1cc2c(cc1F)=C(c1ccc(C(C)=O)cc1C)c1cc(F)c(OCOC(C)=O)cc1O2. The highest BCUT2D eigenvalue weighted by atomic mass is 19.1. The van der Waals surface area contributed by atoms with Crippen LogP contribution in [0.5, 0.6) is 17.2 Å². The molecule has 0 amide bonds. The van der Waals surface area contributed by atoms with Gasteiger partial charge >= 0.3 is 5.97 Å². The molecule has 0 saturated carbocycles. The van der Waals surface area contributed by atoms with Crippen molar-refractivity contribution in [1.29, 1.82) is 0 Å². The highest BCUT2D eigenvalue weighted by Gasteiger charge is 2.25. The number of benzene rings is 3. The van der Waals surface area contributed by atoms with Crippen LogP contribution in [0.1, 0.15) is 40.9 Å². The zero-order valence-corrected chi connectivity index (χ0v) is 18.3. The molecule has 0 unspecified atom stereocenters. The maximum absolute atomic E-state index is 14.9. The van der Waals surface area contributed by atoms with E-state index in [0.717, 1.165) is 5.56 Å². The first-order valence-corrected chi connectivity index (χ1v) is 10.1. The number of halogens is 2. The highest BCUT2D eigenvalue weighted by Crippen LogP contribution is 2.40. The minimum Gasteiger partial charge on any atom is -0.456 e. The number of aryl methyl sites for hydroxylation is 1. The third-order valence-electron chi connectivity index (χ3n) is 5.32. The maximum Gasteiger partial charge on any atom is 0.305 e. The molecule has 0 atom stereocenters. The summed E-state index contributed by atoms with van der Waals surface area (Å²) in [6.45, 7) is 7.73. The van der Waals surface area contributed by atoms with Crippen LogP contribution < -0.4 is 19.9 Å². The smallest absolute Gasteiger partial charge is 0.305 e. The number of esters is 1. The molecule has 0 fully saturated rings. The Morgan fingerprint density at radius 3 is 2.39 bits per heavy atom. The molecule has 0 radical (unpaired) electrons. The molecule has 33 heavy (non-hydrogen) atoms. The molecule has 5 nitrogen and oxygen atoms in total. The lowest BCUT2D eigenvalue weighted by Gasteiger charge is -2.23. The Bertz CT molecular complexity index is 1430. The summed E-state index contributed by atoms with van der Waals surface area (Å²) in [5.74, 6) is -1.44.